The summed E-state index contributed by atoms with van der Waals surface area (Å²) < 4.78 is 7.30. The molecule has 0 atom stereocenters. The van der Waals surface area contributed by atoms with Crippen LogP contribution in [-0.2, 0) is 11.9 Å². The maximum Gasteiger partial charge on any atom is 0.212 e. The maximum atomic E-state index is 5.39. The van der Waals surface area contributed by atoms with Crippen molar-refractivity contribution in [2.24, 2.45) is 0 Å². The van der Waals surface area contributed by atoms with Crippen molar-refractivity contribution in [3.05, 3.63) is 11.8 Å². The standard InChI is InChI=1S/C7H9BrN2O/c8-5-6-4-7-10(9-6)2-1-3-11-7/h4H,1-3,5H2. The molecule has 1 aliphatic rings. The summed E-state index contributed by atoms with van der Waals surface area (Å²) >= 11 is 3.35. The smallest absolute Gasteiger partial charge is 0.212 e. The third kappa shape index (κ3) is 1.27. The summed E-state index contributed by atoms with van der Waals surface area (Å²) in [6, 6.07) is 1.98. The van der Waals surface area contributed by atoms with E-state index in [0.717, 1.165) is 36.5 Å². The Morgan fingerprint density at radius 3 is 3.36 bits per heavy atom. The minimum absolute atomic E-state index is 0.802. The van der Waals surface area contributed by atoms with Gasteiger partial charge in [-0.25, -0.2) is 4.68 Å². The topological polar surface area (TPSA) is 27.1 Å². The van der Waals surface area contributed by atoms with E-state index in [0.29, 0.717) is 0 Å². The van der Waals surface area contributed by atoms with Gasteiger partial charge >= 0.3 is 0 Å². The molecule has 11 heavy (non-hydrogen) atoms. The molecule has 0 saturated heterocycles. The molecule has 0 aliphatic carbocycles. The van der Waals surface area contributed by atoms with E-state index in [2.05, 4.69) is 21.0 Å². The van der Waals surface area contributed by atoms with Crippen LogP contribution in [-0.4, -0.2) is 16.4 Å². The minimum atomic E-state index is 0.802. The lowest BCUT2D eigenvalue weighted by Gasteiger charge is -2.13. The van der Waals surface area contributed by atoms with Crippen LogP contribution in [0.15, 0.2) is 6.07 Å². The van der Waals surface area contributed by atoms with Gasteiger partial charge in [-0.3, -0.25) is 0 Å². The molecule has 1 aromatic heterocycles. The van der Waals surface area contributed by atoms with E-state index in [1.54, 1.807) is 0 Å². The fraction of sp³-hybridized carbons (Fsp3) is 0.571. The molecule has 0 spiro atoms. The van der Waals surface area contributed by atoms with Crippen molar-refractivity contribution in [2.75, 3.05) is 6.61 Å². The number of rotatable bonds is 1. The van der Waals surface area contributed by atoms with Crippen LogP contribution < -0.4 is 4.74 Å². The van der Waals surface area contributed by atoms with E-state index in [1.807, 2.05) is 10.7 Å². The van der Waals surface area contributed by atoms with Crippen LogP contribution in [0.2, 0.25) is 0 Å². The Balaban J connectivity index is 2.32. The predicted octanol–water partition coefficient (Wildman–Crippen LogP) is 1.56. The molecule has 0 amide bonds. The Bertz CT molecular complexity index is 235. The zero-order valence-corrected chi connectivity index (χ0v) is 7.67. The van der Waals surface area contributed by atoms with Gasteiger partial charge in [0.2, 0.25) is 5.88 Å². The molecule has 0 radical (unpaired) electrons. The summed E-state index contributed by atoms with van der Waals surface area (Å²) in [5.74, 6) is 0.908. The molecular weight excluding hydrogens is 208 g/mol. The molecule has 4 heteroatoms. The van der Waals surface area contributed by atoms with Gasteiger partial charge in [0.25, 0.3) is 0 Å². The number of nitrogens with zero attached hydrogens (tertiary/aromatic N) is 2. The molecule has 0 saturated carbocycles. The second-order valence-electron chi connectivity index (χ2n) is 2.53. The summed E-state index contributed by atoms with van der Waals surface area (Å²) in [6.45, 7) is 1.82. The predicted molar refractivity (Wildman–Crippen MR) is 45.0 cm³/mol. The van der Waals surface area contributed by atoms with Crippen molar-refractivity contribution in [2.45, 2.75) is 18.3 Å². The zero-order chi connectivity index (χ0) is 7.68. The van der Waals surface area contributed by atoms with Crippen molar-refractivity contribution >= 4 is 15.9 Å². The summed E-state index contributed by atoms with van der Waals surface area (Å²) in [5, 5.41) is 5.12. The van der Waals surface area contributed by atoms with Gasteiger partial charge in [0, 0.05) is 24.4 Å². The van der Waals surface area contributed by atoms with Crippen molar-refractivity contribution in [3.8, 4) is 5.88 Å². The fourth-order valence-corrected chi connectivity index (χ4v) is 1.46. The van der Waals surface area contributed by atoms with Gasteiger partial charge < -0.3 is 4.74 Å². The first kappa shape index (κ1) is 7.16. The second kappa shape index (κ2) is 2.85. The zero-order valence-electron chi connectivity index (χ0n) is 6.09. The Morgan fingerprint density at radius 1 is 1.73 bits per heavy atom. The van der Waals surface area contributed by atoms with Crippen molar-refractivity contribution in [3.63, 3.8) is 0 Å². The normalized spacial score (nSPS) is 15.7. The summed E-state index contributed by atoms with van der Waals surface area (Å²) in [4.78, 5) is 0. The molecule has 0 bridgehead atoms. The van der Waals surface area contributed by atoms with Gasteiger partial charge in [-0.2, -0.15) is 5.10 Å². The SMILES string of the molecule is BrCc1cc2n(n1)CCCO2. The molecule has 3 nitrogen and oxygen atoms in total. The summed E-state index contributed by atoms with van der Waals surface area (Å²) in [5.41, 5.74) is 1.04. The summed E-state index contributed by atoms with van der Waals surface area (Å²) in [6.07, 6.45) is 1.07. The Hall–Kier alpha value is -0.510. The molecule has 0 N–H and O–H groups in total. The Kier molecular flexibility index (Phi) is 1.85. The van der Waals surface area contributed by atoms with Crippen LogP contribution >= 0.6 is 15.9 Å². The van der Waals surface area contributed by atoms with Crippen molar-refractivity contribution in [1.82, 2.24) is 9.78 Å². The third-order valence-corrected chi connectivity index (χ3v) is 2.27. The number of alkyl halides is 1. The average Bonchev–Trinajstić information content (AvgIpc) is 2.46. The molecule has 2 rings (SSSR count). The molecule has 0 aromatic carbocycles. The molecule has 60 valence electrons. The van der Waals surface area contributed by atoms with Gasteiger partial charge in [0.05, 0.1) is 12.3 Å². The number of halogens is 1. The van der Waals surface area contributed by atoms with E-state index in [4.69, 9.17) is 4.74 Å². The van der Waals surface area contributed by atoms with Gasteiger partial charge in [-0.05, 0) is 0 Å². The molecule has 0 fully saturated rings. The molecule has 1 aliphatic heterocycles. The largest absolute Gasteiger partial charge is 0.478 e. The summed E-state index contributed by atoms with van der Waals surface area (Å²) in [7, 11) is 0. The number of ether oxygens (including phenoxy) is 1. The molecule has 0 unspecified atom stereocenters. The lowest BCUT2D eigenvalue weighted by molar-refractivity contribution is 0.230. The number of aromatic nitrogens is 2. The van der Waals surface area contributed by atoms with Crippen LogP contribution in [0.1, 0.15) is 12.1 Å². The quantitative estimate of drug-likeness (QED) is 0.667. The molecule has 2 heterocycles. The highest BCUT2D eigenvalue weighted by atomic mass is 79.9. The van der Waals surface area contributed by atoms with E-state index in [9.17, 15) is 0 Å². The first-order valence-corrected chi connectivity index (χ1v) is 4.78. The van der Waals surface area contributed by atoms with Crippen LogP contribution in [0, 0.1) is 0 Å². The minimum Gasteiger partial charge on any atom is -0.478 e. The molecule has 1 aromatic rings. The number of hydrogen-bond acceptors (Lipinski definition) is 2. The van der Waals surface area contributed by atoms with Crippen molar-refractivity contribution < 1.29 is 4.74 Å². The number of aryl methyl sites for hydroxylation is 1. The highest BCUT2D eigenvalue weighted by Gasteiger charge is 2.11. The van der Waals surface area contributed by atoms with Gasteiger partial charge in [-0.1, -0.05) is 15.9 Å². The average molecular weight is 217 g/mol. The van der Waals surface area contributed by atoms with Crippen molar-refractivity contribution in [1.29, 1.82) is 0 Å². The first-order valence-electron chi connectivity index (χ1n) is 3.65. The lowest BCUT2D eigenvalue weighted by Crippen LogP contribution is -2.14. The number of hydrogen-bond donors (Lipinski definition) is 0. The number of fused-ring (bicyclic) bond motifs is 1. The Labute approximate surface area is 73.5 Å². The van der Waals surface area contributed by atoms with Crippen LogP contribution in [0.5, 0.6) is 5.88 Å². The van der Waals surface area contributed by atoms with Gasteiger partial charge in [0.1, 0.15) is 0 Å². The van der Waals surface area contributed by atoms with Gasteiger partial charge in [-0.15, -0.1) is 0 Å². The van der Waals surface area contributed by atoms with E-state index in [-0.39, 0.29) is 0 Å². The lowest BCUT2D eigenvalue weighted by atomic mass is 10.4. The highest BCUT2D eigenvalue weighted by Crippen LogP contribution is 2.19. The Morgan fingerprint density at radius 2 is 2.64 bits per heavy atom. The van der Waals surface area contributed by atoms with E-state index in [1.165, 1.54) is 0 Å². The second-order valence-corrected chi connectivity index (χ2v) is 3.09. The van der Waals surface area contributed by atoms with E-state index >= 15 is 0 Å². The maximum absolute atomic E-state index is 5.39. The van der Waals surface area contributed by atoms with Gasteiger partial charge in [0.15, 0.2) is 0 Å². The first-order chi connectivity index (χ1) is 5.40. The highest BCUT2D eigenvalue weighted by molar-refractivity contribution is 9.08. The van der Waals surface area contributed by atoms with Crippen LogP contribution in [0.4, 0.5) is 0 Å². The monoisotopic (exact) mass is 216 g/mol. The van der Waals surface area contributed by atoms with Crippen LogP contribution in [0.25, 0.3) is 0 Å². The fourth-order valence-electron chi connectivity index (χ4n) is 1.18. The van der Waals surface area contributed by atoms with E-state index < -0.39 is 0 Å². The third-order valence-electron chi connectivity index (χ3n) is 1.69. The molecular formula is C7H9BrN2O. The van der Waals surface area contributed by atoms with Crippen LogP contribution in [0.3, 0.4) is 0 Å².